The van der Waals surface area contributed by atoms with Crippen molar-refractivity contribution in [3.05, 3.63) is 41.6 Å². The van der Waals surface area contributed by atoms with E-state index in [2.05, 4.69) is 15.6 Å². The van der Waals surface area contributed by atoms with Crippen LogP contribution in [0.1, 0.15) is 40.8 Å². The Bertz CT molecular complexity index is 708. The maximum atomic E-state index is 12.3. The first-order valence-corrected chi connectivity index (χ1v) is 7.89. The summed E-state index contributed by atoms with van der Waals surface area (Å²) in [7, 11) is 3.15. The molecule has 1 fully saturated rings. The van der Waals surface area contributed by atoms with Gasteiger partial charge in [0.25, 0.3) is 5.91 Å². The number of hydrogen-bond acceptors (Lipinski definition) is 6. The van der Waals surface area contributed by atoms with Crippen molar-refractivity contribution in [1.29, 1.82) is 0 Å². The molecule has 1 aromatic carbocycles. The molecule has 1 aliphatic heterocycles. The van der Waals surface area contributed by atoms with Crippen LogP contribution in [0.5, 0.6) is 11.5 Å². The van der Waals surface area contributed by atoms with Crippen molar-refractivity contribution >= 4 is 5.91 Å². The molecule has 0 spiro atoms. The number of nitrogens with one attached hydrogen (secondary N) is 2. The van der Waals surface area contributed by atoms with E-state index in [1.54, 1.807) is 14.2 Å². The zero-order chi connectivity index (χ0) is 16.9. The maximum Gasteiger partial charge on any atom is 0.273 e. The molecule has 0 aliphatic carbocycles. The lowest BCUT2D eigenvalue weighted by molar-refractivity contribution is 0.0945. The maximum absolute atomic E-state index is 12.3. The van der Waals surface area contributed by atoms with Crippen LogP contribution in [0.4, 0.5) is 0 Å². The van der Waals surface area contributed by atoms with E-state index in [0.717, 1.165) is 24.9 Å². The van der Waals surface area contributed by atoms with E-state index in [0.29, 0.717) is 23.9 Å². The lowest BCUT2D eigenvalue weighted by atomic mass is 10.2. The number of rotatable bonds is 6. The Morgan fingerprint density at radius 1 is 1.42 bits per heavy atom. The van der Waals surface area contributed by atoms with E-state index in [1.165, 1.54) is 6.26 Å². The summed E-state index contributed by atoms with van der Waals surface area (Å²) in [4.78, 5) is 16.6. The smallest absolute Gasteiger partial charge is 0.273 e. The third kappa shape index (κ3) is 3.35. The summed E-state index contributed by atoms with van der Waals surface area (Å²) in [5, 5.41) is 6.12. The van der Waals surface area contributed by atoms with Crippen molar-refractivity contribution in [3.8, 4) is 11.5 Å². The third-order valence-electron chi connectivity index (χ3n) is 4.04. The van der Waals surface area contributed by atoms with E-state index in [9.17, 15) is 4.79 Å². The number of carbonyl (C=O) groups excluding carboxylic acids is 1. The molecule has 128 valence electrons. The topological polar surface area (TPSA) is 85.6 Å². The molecular weight excluding hydrogens is 310 g/mol. The first kappa shape index (κ1) is 16.3. The van der Waals surface area contributed by atoms with E-state index in [4.69, 9.17) is 13.9 Å². The Balaban J connectivity index is 1.65. The summed E-state index contributed by atoms with van der Waals surface area (Å²) in [5.74, 6) is 1.51. The van der Waals surface area contributed by atoms with Crippen LogP contribution in [0, 0.1) is 0 Å². The molecule has 1 aromatic heterocycles. The zero-order valence-corrected chi connectivity index (χ0v) is 13.8. The Hall–Kier alpha value is -2.54. The first-order valence-electron chi connectivity index (χ1n) is 7.89. The molecule has 7 nitrogen and oxygen atoms in total. The molecule has 24 heavy (non-hydrogen) atoms. The van der Waals surface area contributed by atoms with Gasteiger partial charge in [-0.2, -0.15) is 0 Å². The van der Waals surface area contributed by atoms with Gasteiger partial charge in [-0.1, -0.05) is 12.1 Å². The van der Waals surface area contributed by atoms with E-state index in [-0.39, 0.29) is 17.6 Å². The molecule has 1 amide bonds. The molecule has 0 saturated carbocycles. The second kappa shape index (κ2) is 7.35. The molecule has 2 N–H and O–H groups in total. The highest BCUT2D eigenvalue weighted by molar-refractivity contribution is 5.91. The molecule has 2 heterocycles. The van der Waals surface area contributed by atoms with Gasteiger partial charge in [0, 0.05) is 12.1 Å². The van der Waals surface area contributed by atoms with Gasteiger partial charge in [0.15, 0.2) is 17.2 Å². The minimum absolute atomic E-state index is 0.102. The Labute approximate surface area is 140 Å². The van der Waals surface area contributed by atoms with Crippen LogP contribution in [-0.4, -0.2) is 31.7 Å². The Morgan fingerprint density at radius 3 is 3.00 bits per heavy atom. The fraction of sp³-hybridized carbons (Fsp3) is 0.412. The molecule has 2 aromatic rings. The highest BCUT2D eigenvalue weighted by Gasteiger charge is 2.23. The standard InChI is InChI=1S/C17H21N3O4/c1-22-14-7-3-5-11(15(14)23-2)9-19-16(21)13-10-24-17(20-13)12-6-4-8-18-12/h3,5,7,10,12,18H,4,6,8-9H2,1-2H3,(H,19,21). The van der Waals surface area contributed by atoms with Gasteiger partial charge in [-0.3, -0.25) is 4.79 Å². The minimum Gasteiger partial charge on any atom is -0.493 e. The number of ether oxygens (including phenoxy) is 2. The molecule has 0 bridgehead atoms. The summed E-state index contributed by atoms with van der Waals surface area (Å²) in [6.07, 6.45) is 3.46. The van der Waals surface area contributed by atoms with Crippen LogP contribution < -0.4 is 20.1 Å². The molecule has 0 radical (unpaired) electrons. The lowest BCUT2D eigenvalue weighted by Gasteiger charge is -2.12. The number of para-hydroxylation sites is 1. The lowest BCUT2D eigenvalue weighted by Crippen LogP contribution is -2.23. The highest BCUT2D eigenvalue weighted by atomic mass is 16.5. The SMILES string of the molecule is COc1cccc(CNC(=O)c2coc(C3CCCN3)n2)c1OC. The molecular formula is C17H21N3O4. The van der Waals surface area contributed by atoms with Gasteiger partial charge < -0.3 is 24.5 Å². The van der Waals surface area contributed by atoms with E-state index >= 15 is 0 Å². The molecule has 1 aliphatic rings. The van der Waals surface area contributed by atoms with Gasteiger partial charge in [-0.25, -0.2) is 4.98 Å². The fourth-order valence-electron chi connectivity index (χ4n) is 2.81. The van der Waals surface area contributed by atoms with E-state index in [1.807, 2.05) is 18.2 Å². The number of aromatic nitrogens is 1. The molecule has 1 unspecified atom stereocenters. The van der Waals surface area contributed by atoms with Crippen molar-refractivity contribution < 1.29 is 18.7 Å². The highest BCUT2D eigenvalue weighted by Crippen LogP contribution is 2.30. The van der Waals surface area contributed by atoms with Crippen molar-refractivity contribution in [2.45, 2.75) is 25.4 Å². The Kier molecular flexibility index (Phi) is 5.00. The van der Waals surface area contributed by atoms with Crippen molar-refractivity contribution in [3.63, 3.8) is 0 Å². The zero-order valence-electron chi connectivity index (χ0n) is 13.8. The van der Waals surface area contributed by atoms with Crippen LogP contribution in [0.2, 0.25) is 0 Å². The van der Waals surface area contributed by atoms with E-state index < -0.39 is 0 Å². The molecule has 1 atom stereocenters. The van der Waals surface area contributed by atoms with Gasteiger partial charge in [-0.15, -0.1) is 0 Å². The average molecular weight is 331 g/mol. The van der Waals surface area contributed by atoms with Crippen LogP contribution >= 0.6 is 0 Å². The number of amides is 1. The van der Waals surface area contributed by atoms with Gasteiger partial charge in [0.1, 0.15) is 6.26 Å². The van der Waals surface area contributed by atoms with Gasteiger partial charge in [0.05, 0.1) is 20.3 Å². The quantitative estimate of drug-likeness (QED) is 0.842. The summed E-state index contributed by atoms with van der Waals surface area (Å²) in [6, 6.07) is 5.63. The molecule has 7 heteroatoms. The fourth-order valence-corrected chi connectivity index (χ4v) is 2.81. The largest absolute Gasteiger partial charge is 0.493 e. The van der Waals surface area contributed by atoms with Crippen molar-refractivity contribution in [1.82, 2.24) is 15.6 Å². The first-order chi connectivity index (χ1) is 11.7. The second-order valence-electron chi connectivity index (χ2n) is 5.56. The predicted octanol–water partition coefficient (Wildman–Crippen LogP) is 2.05. The van der Waals surface area contributed by atoms with Crippen LogP contribution in [0.25, 0.3) is 0 Å². The Morgan fingerprint density at radius 2 is 2.29 bits per heavy atom. The monoisotopic (exact) mass is 331 g/mol. The number of nitrogens with zero attached hydrogens (tertiary/aromatic N) is 1. The third-order valence-corrected chi connectivity index (χ3v) is 4.04. The average Bonchev–Trinajstić information content (AvgIpc) is 3.29. The van der Waals surface area contributed by atoms with Crippen LogP contribution in [0.3, 0.4) is 0 Å². The number of hydrogen-bond donors (Lipinski definition) is 2. The van der Waals surface area contributed by atoms with Gasteiger partial charge >= 0.3 is 0 Å². The molecule has 3 rings (SSSR count). The van der Waals surface area contributed by atoms with Crippen LogP contribution in [-0.2, 0) is 6.54 Å². The number of carbonyl (C=O) groups is 1. The molecule has 1 saturated heterocycles. The number of oxazole rings is 1. The second-order valence-corrected chi connectivity index (χ2v) is 5.56. The summed E-state index contributed by atoms with van der Waals surface area (Å²) < 4.78 is 16.0. The van der Waals surface area contributed by atoms with Crippen molar-refractivity contribution in [2.75, 3.05) is 20.8 Å². The summed E-state index contributed by atoms with van der Waals surface area (Å²) >= 11 is 0. The predicted molar refractivity (Wildman–Crippen MR) is 87.2 cm³/mol. The van der Waals surface area contributed by atoms with Crippen molar-refractivity contribution in [2.24, 2.45) is 0 Å². The van der Waals surface area contributed by atoms with Crippen LogP contribution in [0.15, 0.2) is 28.9 Å². The number of benzene rings is 1. The van der Waals surface area contributed by atoms with Gasteiger partial charge in [-0.05, 0) is 25.5 Å². The summed E-state index contributed by atoms with van der Waals surface area (Å²) in [5.41, 5.74) is 1.10. The van der Waals surface area contributed by atoms with Gasteiger partial charge in [0.2, 0.25) is 5.89 Å². The summed E-state index contributed by atoms with van der Waals surface area (Å²) in [6.45, 7) is 1.26. The minimum atomic E-state index is -0.284. The normalized spacial score (nSPS) is 16.8. The number of methoxy groups -OCH3 is 2.